The van der Waals surface area contributed by atoms with Gasteiger partial charge in [-0.3, -0.25) is 0 Å². The molecule has 1 unspecified atom stereocenters. The van der Waals surface area contributed by atoms with Crippen molar-refractivity contribution in [2.24, 2.45) is 5.92 Å². The average Bonchev–Trinajstić information content (AvgIpc) is 2.93. The van der Waals surface area contributed by atoms with Crippen LogP contribution in [0.2, 0.25) is 0 Å². The van der Waals surface area contributed by atoms with Gasteiger partial charge in [0.05, 0.1) is 0 Å². The van der Waals surface area contributed by atoms with E-state index in [1.54, 1.807) is 7.11 Å². The molecule has 2 nitrogen and oxygen atoms in total. The van der Waals surface area contributed by atoms with Crippen molar-refractivity contribution in [1.29, 1.82) is 0 Å². The quantitative estimate of drug-likeness (QED) is 0.484. The number of ether oxygens (including phenoxy) is 1. The van der Waals surface area contributed by atoms with Gasteiger partial charge in [-0.1, -0.05) is 0 Å². The Balaban J connectivity index is 1.77. The summed E-state index contributed by atoms with van der Waals surface area (Å²) in [6.45, 7) is 2.91. The lowest BCUT2D eigenvalue weighted by Crippen LogP contribution is -2.25. The van der Waals surface area contributed by atoms with Crippen molar-refractivity contribution >= 4 is 11.6 Å². The van der Waals surface area contributed by atoms with Gasteiger partial charge in [0.1, 0.15) is 0 Å². The lowest BCUT2D eigenvalue weighted by atomic mass is 10.2. The van der Waals surface area contributed by atoms with E-state index in [4.69, 9.17) is 16.3 Å². The maximum absolute atomic E-state index is 6.13. The summed E-state index contributed by atoms with van der Waals surface area (Å²) in [6, 6.07) is 0. The van der Waals surface area contributed by atoms with Gasteiger partial charge in [-0.15, -0.1) is 11.6 Å². The monoisotopic (exact) mass is 205 g/mol. The zero-order valence-electron chi connectivity index (χ0n) is 8.39. The van der Waals surface area contributed by atoms with Crippen LogP contribution < -0.4 is 5.32 Å². The van der Waals surface area contributed by atoms with Crippen LogP contribution in [0.4, 0.5) is 0 Å². The maximum atomic E-state index is 6.13. The maximum Gasteiger partial charge on any atom is 0.0488 e. The Morgan fingerprint density at radius 3 is 2.85 bits per heavy atom. The van der Waals surface area contributed by atoms with Crippen molar-refractivity contribution in [2.75, 3.05) is 26.8 Å². The summed E-state index contributed by atoms with van der Waals surface area (Å²) in [7, 11) is 1.75. The Hall–Kier alpha value is 0.210. The summed E-state index contributed by atoms with van der Waals surface area (Å²) in [5.41, 5.74) is 0. The zero-order valence-corrected chi connectivity index (χ0v) is 9.15. The highest BCUT2D eigenvalue weighted by atomic mass is 35.5. The van der Waals surface area contributed by atoms with Crippen LogP contribution in [0.15, 0.2) is 0 Å². The van der Waals surface area contributed by atoms with E-state index in [9.17, 15) is 0 Å². The minimum Gasteiger partial charge on any atom is -0.385 e. The van der Waals surface area contributed by atoms with Gasteiger partial charge < -0.3 is 10.1 Å². The van der Waals surface area contributed by atoms with E-state index in [-0.39, 0.29) is 0 Å². The molecular weight excluding hydrogens is 186 g/mol. The first-order valence-corrected chi connectivity index (χ1v) is 5.62. The van der Waals surface area contributed by atoms with E-state index in [1.807, 2.05) is 0 Å². The van der Waals surface area contributed by atoms with Crippen LogP contribution in [-0.4, -0.2) is 32.2 Å². The van der Waals surface area contributed by atoms with Gasteiger partial charge in [0.15, 0.2) is 0 Å². The SMILES string of the molecule is COCCCCNCC(Cl)C1CC1. The number of hydrogen-bond acceptors (Lipinski definition) is 2. The third-order valence-corrected chi connectivity index (χ3v) is 2.94. The van der Waals surface area contributed by atoms with E-state index >= 15 is 0 Å². The number of methoxy groups -OCH3 is 1. The molecule has 13 heavy (non-hydrogen) atoms. The molecule has 1 rings (SSSR count). The molecule has 0 aliphatic heterocycles. The molecule has 1 aliphatic rings. The molecule has 1 fully saturated rings. The highest BCUT2D eigenvalue weighted by molar-refractivity contribution is 6.21. The Kier molecular flexibility index (Phi) is 5.76. The molecule has 0 heterocycles. The number of unbranched alkanes of at least 4 members (excludes halogenated alkanes) is 1. The van der Waals surface area contributed by atoms with Crippen molar-refractivity contribution in [1.82, 2.24) is 5.32 Å². The van der Waals surface area contributed by atoms with Crippen molar-refractivity contribution < 1.29 is 4.74 Å². The summed E-state index contributed by atoms with van der Waals surface area (Å²) < 4.78 is 4.96. The van der Waals surface area contributed by atoms with Crippen LogP contribution in [0, 0.1) is 5.92 Å². The van der Waals surface area contributed by atoms with Crippen LogP contribution in [0.3, 0.4) is 0 Å². The van der Waals surface area contributed by atoms with Crippen molar-refractivity contribution in [3.05, 3.63) is 0 Å². The smallest absolute Gasteiger partial charge is 0.0488 e. The molecule has 0 aromatic carbocycles. The molecule has 0 aromatic rings. The minimum atomic E-state index is 0.363. The number of rotatable bonds is 8. The van der Waals surface area contributed by atoms with Crippen LogP contribution in [0.25, 0.3) is 0 Å². The van der Waals surface area contributed by atoms with Gasteiger partial charge in [0, 0.05) is 25.6 Å². The fourth-order valence-electron chi connectivity index (χ4n) is 1.36. The minimum absolute atomic E-state index is 0.363. The largest absolute Gasteiger partial charge is 0.385 e. The molecule has 0 amide bonds. The van der Waals surface area contributed by atoms with Gasteiger partial charge in [-0.2, -0.15) is 0 Å². The van der Waals surface area contributed by atoms with E-state index in [0.717, 1.165) is 32.0 Å². The molecule has 0 spiro atoms. The topological polar surface area (TPSA) is 21.3 Å². The molecule has 78 valence electrons. The van der Waals surface area contributed by atoms with Crippen LogP contribution in [0.1, 0.15) is 25.7 Å². The second-order valence-corrected chi connectivity index (χ2v) is 4.32. The van der Waals surface area contributed by atoms with E-state index in [0.29, 0.717) is 5.38 Å². The Morgan fingerprint density at radius 1 is 1.46 bits per heavy atom. The first kappa shape index (κ1) is 11.3. The third-order valence-electron chi connectivity index (χ3n) is 2.42. The standard InChI is InChI=1S/C10H20ClNO/c1-13-7-3-2-6-12-8-10(11)9-4-5-9/h9-10,12H,2-8H2,1H3. The van der Waals surface area contributed by atoms with Gasteiger partial charge in [-0.05, 0) is 38.1 Å². The summed E-state index contributed by atoms with van der Waals surface area (Å²) >= 11 is 6.13. The fourth-order valence-corrected chi connectivity index (χ4v) is 1.72. The van der Waals surface area contributed by atoms with Crippen LogP contribution in [0.5, 0.6) is 0 Å². The average molecular weight is 206 g/mol. The van der Waals surface area contributed by atoms with Crippen LogP contribution in [-0.2, 0) is 4.74 Å². The predicted octanol–water partition coefficient (Wildman–Crippen LogP) is 2.02. The Morgan fingerprint density at radius 2 is 2.23 bits per heavy atom. The summed E-state index contributed by atoms with van der Waals surface area (Å²) in [4.78, 5) is 0. The van der Waals surface area contributed by atoms with Gasteiger partial charge in [0.2, 0.25) is 0 Å². The predicted molar refractivity (Wildman–Crippen MR) is 56.3 cm³/mol. The highest BCUT2D eigenvalue weighted by Crippen LogP contribution is 2.35. The first-order valence-electron chi connectivity index (χ1n) is 5.18. The second kappa shape index (κ2) is 6.63. The summed E-state index contributed by atoms with van der Waals surface area (Å²) in [5, 5.41) is 3.74. The molecule has 0 bridgehead atoms. The molecule has 1 aliphatic carbocycles. The molecule has 0 radical (unpaired) electrons. The molecule has 1 saturated carbocycles. The molecule has 0 aromatic heterocycles. The van der Waals surface area contributed by atoms with Crippen molar-refractivity contribution in [3.8, 4) is 0 Å². The van der Waals surface area contributed by atoms with Gasteiger partial charge >= 0.3 is 0 Å². The Bertz CT molecular complexity index is 128. The van der Waals surface area contributed by atoms with Gasteiger partial charge in [-0.25, -0.2) is 0 Å². The third kappa shape index (κ3) is 5.50. The lowest BCUT2D eigenvalue weighted by Gasteiger charge is -2.08. The van der Waals surface area contributed by atoms with Crippen molar-refractivity contribution in [3.63, 3.8) is 0 Å². The van der Waals surface area contributed by atoms with E-state index in [1.165, 1.54) is 19.3 Å². The number of halogens is 1. The highest BCUT2D eigenvalue weighted by Gasteiger charge is 2.28. The normalized spacial score (nSPS) is 18.9. The molecule has 1 atom stereocenters. The Labute approximate surface area is 86.0 Å². The number of alkyl halides is 1. The number of nitrogens with one attached hydrogen (secondary N) is 1. The molecular formula is C10H20ClNO. The summed E-state index contributed by atoms with van der Waals surface area (Å²) in [5.74, 6) is 0.799. The lowest BCUT2D eigenvalue weighted by molar-refractivity contribution is 0.192. The zero-order chi connectivity index (χ0) is 9.52. The van der Waals surface area contributed by atoms with Crippen molar-refractivity contribution in [2.45, 2.75) is 31.1 Å². The second-order valence-electron chi connectivity index (χ2n) is 3.76. The van der Waals surface area contributed by atoms with Crippen LogP contribution >= 0.6 is 11.6 Å². The first-order chi connectivity index (χ1) is 6.34. The number of hydrogen-bond donors (Lipinski definition) is 1. The molecule has 0 saturated heterocycles. The van der Waals surface area contributed by atoms with Gasteiger partial charge in [0.25, 0.3) is 0 Å². The fraction of sp³-hybridized carbons (Fsp3) is 1.00. The van der Waals surface area contributed by atoms with E-state index < -0.39 is 0 Å². The summed E-state index contributed by atoms with van der Waals surface area (Å²) in [6.07, 6.45) is 4.99. The van der Waals surface area contributed by atoms with E-state index in [2.05, 4.69) is 5.32 Å². The molecule has 3 heteroatoms. The molecule has 1 N–H and O–H groups in total.